The quantitative estimate of drug-likeness (QED) is 0.627. The molecular formula is C17H24O4. The van der Waals surface area contributed by atoms with Crippen LogP contribution >= 0.6 is 0 Å². The van der Waals surface area contributed by atoms with Gasteiger partial charge in [-0.2, -0.15) is 0 Å². The van der Waals surface area contributed by atoms with Crippen LogP contribution < -0.4 is 4.74 Å². The molecule has 0 saturated heterocycles. The molecule has 0 radical (unpaired) electrons. The SMILES string of the molecule is C=CC(CCOc1ccc(C)cc1C(C)(C)C)OC(=O)O. The summed E-state index contributed by atoms with van der Waals surface area (Å²) in [6.07, 6.45) is 0.0570. The largest absolute Gasteiger partial charge is 0.506 e. The van der Waals surface area contributed by atoms with Gasteiger partial charge in [0, 0.05) is 6.42 Å². The Balaban J connectivity index is 2.71. The number of ether oxygens (including phenoxy) is 2. The highest BCUT2D eigenvalue weighted by Crippen LogP contribution is 2.32. The van der Waals surface area contributed by atoms with Crippen LogP contribution in [0.5, 0.6) is 5.75 Å². The maximum Gasteiger partial charge on any atom is 0.506 e. The molecule has 4 heteroatoms. The molecule has 21 heavy (non-hydrogen) atoms. The van der Waals surface area contributed by atoms with Crippen molar-refractivity contribution in [3.8, 4) is 5.75 Å². The lowest BCUT2D eigenvalue weighted by molar-refractivity contribution is 0.0610. The van der Waals surface area contributed by atoms with Crippen molar-refractivity contribution in [2.45, 2.75) is 45.6 Å². The Kier molecular flexibility index (Phi) is 5.82. The average molecular weight is 292 g/mol. The van der Waals surface area contributed by atoms with Crippen LogP contribution in [0.4, 0.5) is 4.79 Å². The molecule has 4 nitrogen and oxygen atoms in total. The lowest BCUT2D eigenvalue weighted by Crippen LogP contribution is -2.18. The van der Waals surface area contributed by atoms with Crippen molar-refractivity contribution in [2.24, 2.45) is 0 Å². The molecule has 1 atom stereocenters. The number of carbonyl (C=O) groups is 1. The zero-order valence-electron chi connectivity index (χ0n) is 13.2. The van der Waals surface area contributed by atoms with Gasteiger partial charge in [0.05, 0.1) is 6.61 Å². The highest BCUT2D eigenvalue weighted by molar-refractivity contribution is 5.57. The monoisotopic (exact) mass is 292 g/mol. The number of hydrogen-bond donors (Lipinski definition) is 1. The summed E-state index contributed by atoms with van der Waals surface area (Å²) in [5.41, 5.74) is 2.30. The second-order valence-corrected chi connectivity index (χ2v) is 6.04. The summed E-state index contributed by atoms with van der Waals surface area (Å²) in [6, 6.07) is 6.08. The van der Waals surface area contributed by atoms with Crippen molar-refractivity contribution >= 4 is 6.16 Å². The van der Waals surface area contributed by atoms with Gasteiger partial charge >= 0.3 is 6.16 Å². The summed E-state index contributed by atoms with van der Waals surface area (Å²) >= 11 is 0. The van der Waals surface area contributed by atoms with Gasteiger partial charge in [0.15, 0.2) is 0 Å². The van der Waals surface area contributed by atoms with Crippen molar-refractivity contribution in [1.82, 2.24) is 0 Å². The van der Waals surface area contributed by atoms with Gasteiger partial charge in [0.2, 0.25) is 0 Å². The van der Waals surface area contributed by atoms with E-state index in [1.165, 1.54) is 11.6 Å². The van der Waals surface area contributed by atoms with E-state index in [1.807, 2.05) is 19.1 Å². The second kappa shape index (κ2) is 7.16. The van der Waals surface area contributed by atoms with Crippen LogP contribution in [0.2, 0.25) is 0 Å². The molecule has 1 N–H and O–H groups in total. The number of carboxylic acid groups (broad SMARTS) is 1. The Morgan fingerprint density at radius 1 is 1.43 bits per heavy atom. The molecule has 116 valence electrons. The van der Waals surface area contributed by atoms with Gasteiger partial charge in [0.25, 0.3) is 0 Å². The minimum Gasteiger partial charge on any atom is -0.493 e. The lowest BCUT2D eigenvalue weighted by atomic mass is 9.85. The van der Waals surface area contributed by atoms with Gasteiger partial charge in [-0.25, -0.2) is 4.79 Å². The molecule has 1 aromatic carbocycles. The van der Waals surface area contributed by atoms with Gasteiger partial charge in [0.1, 0.15) is 11.9 Å². The van der Waals surface area contributed by atoms with Crippen LogP contribution in [-0.2, 0) is 10.2 Å². The van der Waals surface area contributed by atoms with E-state index in [9.17, 15) is 4.79 Å². The first-order valence-corrected chi connectivity index (χ1v) is 7.00. The first kappa shape index (κ1) is 17.1. The van der Waals surface area contributed by atoms with Gasteiger partial charge in [-0.3, -0.25) is 0 Å². The molecular weight excluding hydrogens is 268 g/mol. The smallest absolute Gasteiger partial charge is 0.493 e. The third-order valence-corrected chi connectivity index (χ3v) is 3.12. The Bertz CT molecular complexity index is 500. The Labute approximate surface area is 126 Å². The topological polar surface area (TPSA) is 55.8 Å². The average Bonchev–Trinajstić information content (AvgIpc) is 2.37. The van der Waals surface area contributed by atoms with Crippen LogP contribution in [0.3, 0.4) is 0 Å². The van der Waals surface area contributed by atoms with Gasteiger partial charge in [-0.15, -0.1) is 0 Å². The third kappa shape index (κ3) is 5.50. The van der Waals surface area contributed by atoms with Gasteiger partial charge < -0.3 is 14.6 Å². The van der Waals surface area contributed by atoms with Crippen molar-refractivity contribution in [3.05, 3.63) is 42.0 Å². The maximum absolute atomic E-state index is 10.5. The fourth-order valence-electron chi connectivity index (χ4n) is 2.00. The summed E-state index contributed by atoms with van der Waals surface area (Å²) in [5.74, 6) is 0.825. The molecule has 0 spiro atoms. The van der Waals surface area contributed by atoms with Gasteiger partial charge in [-0.05, 0) is 24.0 Å². The lowest BCUT2D eigenvalue weighted by Gasteiger charge is -2.23. The fourth-order valence-corrected chi connectivity index (χ4v) is 2.00. The molecule has 1 rings (SSSR count). The van der Waals surface area contributed by atoms with Crippen LogP contribution in [0.25, 0.3) is 0 Å². The Hall–Kier alpha value is -1.97. The molecule has 0 amide bonds. The summed E-state index contributed by atoms with van der Waals surface area (Å²) < 4.78 is 10.5. The Morgan fingerprint density at radius 3 is 2.62 bits per heavy atom. The summed E-state index contributed by atoms with van der Waals surface area (Å²) in [6.45, 7) is 12.4. The molecule has 0 aromatic heterocycles. The van der Waals surface area contributed by atoms with Crippen LogP contribution in [0.1, 0.15) is 38.3 Å². The van der Waals surface area contributed by atoms with Gasteiger partial charge in [-0.1, -0.05) is 51.1 Å². The van der Waals surface area contributed by atoms with E-state index in [1.54, 1.807) is 0 Å². The van der Waals surface area contributed by atoms with E-state index in [0.717, 1.165) is 11.3 Å². The predicted molar refractivity (Wildman–Crippen MR) is 83.1 cm³/mol. The van der Waals surface area contributed by atoms with Crippen molar-refractivity contribution in [3.63, 3.8) is 0 Å². The minimum absolute atomic E-state index is 0.0171. The zero-order valence-corrected chi connectivity index (χ0v) is 13.2. The van der Waals surface area contributed by atoms with E-state index in [4.69, 9.17) is 9.84 Å². The highest BCUT2D eigenvalue weighted by Gasteiger charge is 2.19. The maximum atomic E-state index is 10.5. The molecule has 0 aliphatic heterocycles. The summed E-state index contributed by atoms with van der Waals surface area (Å²) in [5, 5.41) is 8.60. The van der Waals surface area contributed by atoms with Crippen molar-refractivity contribution in [2.75, 3.05) is 6.61 Å². The van der Waals surface area contributed by atoms with Crippen molar-refractivity contribution in [1.29, 1.82) is 0 Å². The summed E-state index contributed by atoms with van der Waals surface area (Å²) in [7, 11) is 0. The minimum atomic E-state index is -1.30. The predicted octanol–water partition coefficient (Wildman–Crippen LogP) is 4.31. The standard InChI is InChI=1S/C17H24O4/c1-6-13(21-16(18)19)9-10-20-15-8-7-12(2)11-14(15)17(3,4)5/h6-8,11,13H,1,9-10H2,2-5H3,(H,18,19). The molecule has 0 heterocycles. The third-order valence-electron chi connectivity index (χ3n) is 3.12. The molecule has 0 saturated carbocycles. The highest BCUT2D eigenvalue weighted by atomic mass is 16.7. The second-order valence-electron chi connectivity index (χ2n) is 6.04. The number of benzene rings is 1. The van der Waals surface area contributed by atoms with E-state index < -0.39 is 12.3 Å². The summed E-state index contributed by atoms with van der Waals surface area (Å²) in [4.78, 5) is 10.5. The molecule has 0 aliphatic rings. The zero-order chi connectivity index (χ0) is 16.0. The molecule has 0 aliphatic carbocycles. The van der Waals surface area contributed by atoms with Crippen LogP contribution in [0, 0.1) is 6.92 Å². The first-order chi connectivity index (χ1) is 9.74. The molecule has 0 fully saturated rings. The fraction of sp³-hybridized carbons (Fsp3) is 0.471. The van der Waals surface area contributed by atoms with E-state index in [2.05, 4.69) is 38.2 Å². The van der Waals surface area contributed by atoms with Crippen LogP contribution in [-0.4, -0.2) is 24.0 Å². The number of aryl methyl sites for hydroxylation is 1. The molecule has 1 aromatic rings. The van der Waals surface area contributed by atoms with Crippen LogP contribution in [0.15, 0.2) is 30.9 Å². The van der Waals surface area contributed by atoms with E-state index in [0.29, 0.717) is 13.0 Å². The van der Waals surface area contributed by atoms with E-state index >= 15 is 0 Å². The van der Waals surface area contributed by atoms with E-state index in [-0.39, 0.29) is 5.41 Å². The number of rotatable bonds is 6. The number of hydrogen-bond acceptors (Lipinski definition) is 3. The first-order valence-electron chi connectivity index (χ1n) is 7.00. The molecule has 0 bridgehead atoms. The normalized spacial score (nSPS) is 12.6. The van der Waals surface area contributed by atoms with Crippen molar-refractivity contribution < 1.29 is 19.4 Å². The Morgan fingerprint density at radius 2 is 2.10 bits per heavy atom. The molecule has 1 unspecified atom stereocenters.